The van der Waals surface area contributed by atoms with Crippen LogP contribution in [0.1, 0.15) is 20.3 Å². The van der Waals surface area contributed by atoms with Gasteiger partial charge in [0.05, 0.1) is 13.2 Å². The third-order valence-electron chi connectivity index (χ3n) is 1.52. The lowest BCUT2D eigenvalue weighted by Gasteiger charge is -2.08. The normalized spacial score (nSPS) is 12.3. The van der Waals surface area contributed by atoms with Crippen LogP contribution in [0.2, 0.25) is 0 Å². The number of hydrogen-bond donors (Lipinski definition) is 2. The van der Waals surface area contributed by atoms with E-state index in [2.05, 4.69) is 18.4 Å². The molecule has 0 radical (unpaired) electrons. The fraction of sp³-hybridized carbons (Fsp3) is 1.00. The van der Waals surface area contributed by atoms with Crippen LogP contribution in [0.4, 0.5) is 0 Å². The largest absolute Gasteiger partial charge is 0.471 e. The van der Waals surface area contributed by atoms with E-state index in [1.807, 2.05) is 0 Å². The molecule has 0 rings (SSSR count). The Morgan fingerprint density at radius 2 is 1.73 bits per heavy atom. The Bertz CT molecular complexity index is 190. The van der Waals surface area contributed by atoms with Crippen LogP contribution in [0.25, 0.3) is 0 Å². The van der Waals surface area contributed by atoms with Gasteiger partial charge in [-0.15, -0.1) is 0 Å². The molecule has 2 N–H and O–H groups in total. The molecule has 0 heterocycles. The Morgan fingerprint density at radius 3 is 2.27 bits per heavy atom. The van der Waals surface area contributed by atoms with E-state index < -0.39 is 14.6 Å². The molecule has 0 bridgehead atoms. The third kappa shape index (κ3) is 14.0. The highest BCUT2D eigenvalue weighted by atomic mass is 31.2. The second-order valence-corrected chi connectivity index (χ2v) is 4.68. The zero-order valence-corrected chi connectivity index (χ0v) is 9.98. The van der Waals surface area contributed by atoms with Gasteiger partial charge in [-0.05, 0) is 12.3 Å². The van der Waals surface area contributed by atoms with Gasteiger partial charge in [0.1, 0.15) is 0 Å². The lowest BCUT2D eigenvalue weighted by atomic mass is 10.1. The highest BCUT2D eigenvalue weighted by Gasteiger charge is 2.12. The van der Waals surface area contributed by atoms with E-state index in [1.165, 1.54) is 0 Å². The summed E-state index contributed by atoms with van der Waals surface area (Å²) >= 11 is 0. The van der Waals surface area contributed by atoms with Gasteiger partial charge in [-0.3, -0.25) is 4.52 Å². The van der Waals surface area contributed by atoms with Gasteiger partial charge >= 0.3 is 7.82 Å². The van der Waals surface area contributed by atoms with Gasteiger partial charge in [0, 0.05) is 6.61 Å². The van der Waals surface area contributed by atoms with Crippen LogP contribution in [0.15, 0.2) is 0 Å². The zero-order chi connectivity index (χ0) is 11.7. The van der Waals surface area contributed by atoms with Gasteiger partial charge in [0.2, 0.25) is 0 Å². The van der Waals surface area contributed by atoms with E-state index in [0.29, 0.717) is 19.1 Å². The van der Waals surface area contributed by atoms with Gasteiger partial charge in [0.25, 0.3) is 0 Å². The van der Waals surface area contributed by atoms with E-state index in [-0.39, 0.29) is 6.61 Å². The number of hydrogen-bond acceptors (Lipinski definition) is 4. The standard InChI is InChI=1S/C8H19O6P/c1-8(2)3-4-12-5-6-13-7-14-15(9,10)11/h8H,3-7H2,1-2H3,(H2,9,10,11). The van der Waals surface area contributed by atoms with Crippen LogP contribution in [-0.4, -0.2) is 36.4 Å². The third-order valence-corrected chi connectivity index (χ3v) is 1.96. The molecule has 0 saturated carbocycles. The first kappa shape index (κ1) is 15.0. The summed E-state index contributed by atoms with van der Waals surface area (Å²) in [7, 11) is -4.41. The molecular weight excluding hydrogens is 223 g/mol. The van der Waals surface area contributed by atoms with Crippen molar-refractivity contribution in [2.24, 2.45) is 5.92 Å². The molecule has 0 unspecified atom stereocenters. The average molecular weight is 242 g/mol. The first-order chi connectivity index (χ1) is 6.92. The summed E-state index contributed by atoms with van der Waals surface area (Å²) in [5.74, 6) is 0.601. The SMILES string of the molecule is CC(C)CCOCCOCOP(=O)(O)O. The topological polar surface area (TPSA) is 85.2 Å². The summed E-state index contributed by atoms with van der Waals surface area (Å²) < 4.78 is 24.2. The van der Waals surface area contributed by atoms with Crippen molar-refractivity contribution < 1.29 is 28.3 Å². The number of phosphoric ester groups is 1. The molecular formula is C8H19O6P. The highest BCUT2D eigenvalue weighted by Crippen LogP contribution is 2.35. The van der Waals surface area contributed by atoms with Crippen LogP contribution in [-0.2, 0) is 18.6 Å². The minimum Gasteiger partial charge on any atom is -0.379 e. The summed E-state index contributed by atoms with van der Waals surface area (Å²) in [6, 6.07) is 0. The van der Waals surface area contributed by atoms with Gasteiger partial charge in [0.15, 0.2) is 6.79 Å². The minimum atomic E-state index is -4.41. The van der Waals surface area contributed by atoms with E-state index in [4.69, 9.17) is 19.3 Å². The quantitative estimate of drug-likeness (QED) is 0.358. The molecule has 0 aromatic rings. The Labute approximate surface area is 89.8 Å². The minimum absolute atomic E-state index is 0.262. The molecule has 0 atom stereocenters. The van der Waals surface area contributed by atoms with Gasteiger partial charge < -0.3 is 19.3 Å². The lowest BCUT2D eigenvalue weighted by Crippen LogP contribution is -2.08. The first-order valence-corrected chi connectivity index (χ1v) is 6.30. The van der Waals surface area contributed by atoms with Crippen LogP contribution in [0.3, 0.4) is 0 Å². The van der Waals surface area contributed by atoms with E-state index in [0.717, 1.165) is 6.42 Å². The molecule has 15 heavy (non-hydrogen) atoms. The zero-order valence-electron chi connectivity index (χ0n) is 9.09. The first-order valence-electron chi connectivity index (χ1n) is 4.77. The maximum Gasteiger partial charge on any atom is 0.471 e. The fourth-order valence-corrected chi connectivity index (χ4v) is 0.916. The fourth-order valence-electron chi connectivity index (χ4n) is 0.704. The molecule has 0 aromatic carbocycles. The molecule has 0 aliphatic heterocycles. The molecule has 92 valence electrons. The van der Waals surface area contributed by atoms with Crippen molar-refractivity contribution in [1.29, 1.82) is 0 Å². The number of rotatable bonds is 9. The maximum atomic E-state index is 10.2. The Kier molecular flexibility index (Phi) is 8.23. The summed E-state index contributed by atoms with van der Waals surface area (Å²) in [6.45, 7) is 5.12. The maximum absolute atomic E-state index is 10.2. The number of ether oxygens (including phenoxy) is 2. The predicted molar refractivity (Wildman–Crippen MR) is 54.2 cm³/mol. The molecule has 6 nitrogen and oxygen atoms in total. The monoisotopic (exact) mass is 242 g/mol. The van der Waals surface area contributed by atoms with Crippen molar-refractivity contribution in [2.45, 2.75) is 20.3 Å². The molecule has 0 aromatic heterocycles. The van der Waals surface area contributed by atoms with Crippen molar-refractivity contribution >= 4 is 7.82 Å². The van der Waals surface area contributed by atoms with Crippen molar-refractivity contribution in [3.8, 4) is 0 Å². The Morgan fingerprint density at radius 1 is 1.13 bits per heavy atom. The molecule has 0 spiro atoms. The van der Waals surface area contributed by atoms with Crippen LogP contribution < -0.4 is 0 Å². The number of phosphoric acid groups is 1. The Hall–Kier alpha value is 0.0300. The molecule has 0 saturated heterocycles. The summed E-state index contributed by atoms with van der Waals surface area (Å²) in [4.78, 5) is 16.6. The second-order valence-electron chi connectivity index (χ2n) is 3.44. The average Bonchev–Trinajstić information content (AvgIpc) is 2.07. The predicted octanol–water partition coefficient (Wildman–Crippen LogP) is 1.13. The van der Waals surface area contributed by atoms with Crippen molar-refractivity contribution in [3.05, 3.63) is 0 Å². The van der Waals surface area contributed by atoms with Gasteiger partial charge in [-0.2, -0.15) is 0 Å². The molecule has 0 fully saturated rings. The summed E-state index contributed by atoms with van der Waals surface area (Å²) in [6.07, 6.45) is 0.985. The van der Waals surface area contributed by atoms with Crippen LogP contribution in [0.5, 0.6) is 0 Å². The lowest BCUT2D eigenvalue weighted by molar-refractivity contribution is -0.0288. The van der Waals surface area contributed by atoms with Crippen molar-refractivity contribution in [2.75, 3.05) is 26.6 Å². The molecule has 7 heteroatoms. The molecule has 0 aliphatic carbocycles. The van der Waals surface area contributed by atoms with Crippen molar-refractivity contribution in [1.82, 2.24) is 0 Å². The van der Waals surface area contributed by atoms with Gasteiger partial charge in [-0.25, -0.2) is 4.57 Å². The van der Waals surface area contributed by atoms with E-state index >= 15 is 0 Å². The highest BCUT2D eigenvalue weighted by molar-refractivity contribution is 7.46. The van der Waals surface area contributed by atoms with E-state index in [9.17, 15) is 4.57 Å². The molecule has 0 amide bonds. The molecule has 0 aliphatic rings. The second kappa shape index (κ2) is 8.21. The van der Waals surface area contributed by atoms with Crippen LogP contribution in [0, 0.1) is 5.92 Å². The van der Waals surface area contributed by atoms with Gasteiger partial charge in [-0.1, -0.05) is 13.8 Å². The van der Waals surface area contributed by atoms with Crippen molar-refractivity contribution in [3.63, 3.8) is 0 Å². The summed E-state index contributed by atoms with van der Waals surface area (Å²) in [5, 5.41) is 0. The Balaban J connectivity index is 3.09. The summed E-state index contributed by atoms with van der Waals surface area (Å²) in [5.41, 5.74) is 0. The smallest absolute Gasteiger partial charge is 0.379 e. The van der Waals surface area contributed by atoms with Crippen LogP contribution >= 0.6 is 7.82 Å². The van der Waals surface area contributed by atoms with E-state index in [1.54, 1.807) is 0 Å².